The molecule has 2 heterocycles. The van der Waals surface area contributed by atoms with Crippen molar-refractivity contribution in [3.05, 3.63) is 28.1 Å². The van der Waals surface area contributed by atoms with Crippen LogP contribution in [0.1, 0.15) is 46.0 Å². The number of amides is 1. The molecule has 1 amide bonds. The van der Waals surface area contributed by atoms with Crippen molar-refractivity contribution in [2.75, 3.05) is 0 Å². The Morgan fingerprint density at radius 3 is 3.00 bits per heavy atom. The zero-order valence-corrected chi connectivity index (χ0v) is 14.4. The second kappa shape index (κ2) is 8.67. The van der Waals surface area contributed by atoms with Gasteiger partial charge in [0.2, 0.25) is 5.91 Å². The van der Waals surface area contributed by atoms with Crippen molar-refractivity contribution in [1.82, 2.24) is 15.1 Å². The maximum Gasteiger partial charge on any atom is 0.437 e. The van der Waals surface area contributed by atoms with Crippen LogP contribution in [0.3, 0.4) is 0 Å². The Morgan fingerprint density at radius 1 is 1.48 bits per heavy atom. The molecule has 1 unspecified atom stereocenters. The molecule has 0 aliphatic carbocycles. The Kier molecular flexibility index (Phi) is 6.58. The molecule has 0 radical (unpaired) electrons. The maximum atomic E-state index is 11.9. The molecular weight excluding hydrogens is 314 g/mol. The SMILES string of the molecule is CCCCCC(C)NC(=O)CCn1nc(-c2cccs2)oc1=O. The molecule has 0 aliphatic heterocycles. The van der Waals surface area contributed by atoms with E-state index in [1.807, 2.05) is 24.4 Å². The van der Waals surface area contributed by atoms with E-state index in [9.17, 15) is 9.59 Å². The first-order chi connectivity index (χ1) is 11.1. The van der Waals surface area contributed by atoms with Crippen LogP contribution in [0.4, 0.5) is 0 Å². The van der Waals surface area contributed by atoms with E-state index in [-0.39, 0.29) is 24.9 Å². The third kappa shape index (κ3) is 5.35. The number of aromatic nitrogens is 2. The number of thiophene rings is 1. The van der Waals surface area contributed by atoms with Crippen LogP contribution in [0, 0.1) is 0 Å². The van der Waals surface area contributed by atoms with Gasteiger partial charge in [0, 0.05) is 12.5 Å². The second-order valence-corrected chi connectivity index (χ2v) is 6.54. The normalized spacial score (nSPS) is 12.3. The first-order valence-electron chi connectivity index (χ1n) is 8.01. The lowest BCUT2D eigenvalue weighted by Gasteiger charge is -2.13. The van der Waals surface area contributed by atoms with Gasteiger partial charge in [-0.15, -0.1) is 16.4 Å². The summed E-state index contributed by atoms with van der Waals surface area (Å²) in [6.45, 7) is 4.38. The second-order valence-electron chi connectivity index (χ2n) is 5.59. The molecule has 2 aromatic heterocycles. The molecule has 1 atom stereocenters. The number of rotatable bonds is 9. The van der Waals surface area contributed by atoms with Gasteiger partial charge >= 0.3 is 5.76 Å². The zero-order chi connectivity index (χ0) is 16.7. The molecule has 1 N–H and O–H groups in total. The predicted octanol–water partition coefficient (Wildman–Crippen LogP) is 3.04. The summed E-state index contributed by atoms with van der Waals surface area (Å²) in [5.74, 6) is -0.294. The Hall–Kier alpha value is -1.89. The van der Waals surface area contributed by atoms with Gasteiger partial charge in [0.25, 0.3) is 5.89 Å². The van der Waals surface area contributed by atoms with Gasteiger partial charge in [-0.1, -0.05) is 32.3 Å². The average molecular weight is 337 g/mol. The van der Waals surface area contributed by atoms with Crippen LogP contribution in [-0.4, -0.2) is 21.7 Å². The summed E-state index contributed by atoms with van der Waals surface area (Å²) < 4.78 is 6.32. The predicted molar refractivity (Wildman–Crippen MR) is 90.4 cm³/mol. The molecule has 2 rings (SSSR count). The Labute approximate surface area is 139 Å². The Morgan fingerprint density at radius 2 is 2.30 bits per heavy atom. The molecule has 0 spiro atoms. The van der Waals surface area contributed by atoms with E-state index in [1.54, 1.807) is 0 Å². The summed E-state index contributed by atoms with van der Waals surface area (Å²) in [6, 6.07) is 3.86. The van der Waals surface area contributed by atoms with Gasteiger partial charge in [0.05, 0.1) is 11.4 Å². The van der Waals surface area contributed by atoms with Gasteiger partial charge in [-0.05, 0) is 24.8 Å². The van der Waals surface area contributed by atoms with Crippen molar-refractivity contribution < 1.29 is 9.21 Å². The molecular formula is C16H23N3O3S. The molecule has 0 saturated carbocycles. The molecule has 0 bridgehead atoms. The van der Waals surface area contributed by atoms with Crippen LogP contribution < -0.4 is 11.1 Å². The summed E-state index contributed by atoms with van der Waals surface area (Å²) in [7, 11) is 0. The first-order valence-corrected chi connectivity index (χ1v) is 8.89. The zero-order valence-electron chi connectivity index (χ0n) is 13.6. The summed E-state index contributed by atoms with van der Waals surface area (Å²) in [4.78, 5) is 24.5. The monoisotopic (exact) mass is 337 g/mol. The van der Waals surface area contributed by atoms with Crippen LogP contribution in [0.5, 0.6) is 0 Å². The van der Waals surface area contributed by atoms with E-state index in [2.05, 4.69) is 17.3 Å². The number of hydrogen-bond acceptors (Lipinski definition) is 5. The lowest BCUT2D eigenvalue weighted by molar-refractivity contribution is -0.122. The minimum atomic E-state index is -0.530. The summed E-state index contributed by atoms with van der Waals surface area (Å²) in [5.41, 5.74) is 0. The van der Waals surface area contributed by atoms with E-state index >= 15 is 0 Å². The Bertz CT molecular complexity index is 660. The molecule has 0 aliphatic rings. The highest BCUT2D eigenvalue weighted by Crippen LogP contribution is 2.20. The van der Waals surface area contributed by atoms with Crippen molar-refractivity contribution >= 4 is 17.2 Å². The maximum absolute atomic E-state index is 11.9. The smallest absolute Gasteiger partial charge is 0.387 e. The van der Waals surface area contributed by atoms with E-state index in [1.165, 1.54) is 28.9 Å². The number of unbranched alkanes of at least 4 members (excludes halogenated alkanes) is 2. The minimum Gasteiger partial charge on any atom is -0.387 e. The quantitative estimate of drug-likeness (QED) is 0.714. The van der Waals surface area contributed by atoms with E-state index in [0.29, 0.717) is 5.89 Å². The Balaban J connectivity index is 1.81. The van der Waals surface area contributed by atoms with Crippen LogP contribution in [0.15, 0.2) is 26.7 Å². The largest absolute Gasteiger partial charge is 0.437 e. The highest BCUT2D eigenvalue weighted by atomic mass is 32.1. The van der Waals surface area contributed by atoms with E-state index in [0.717, 1.165) is 17.7 Å². The molecule has 6 nitrogen and oxygen atoms in total. The minimum absolute atomic E-state index is 0.0680. The number of hydrogen-bond donors (Lipinski definition) is 1. The van der Waals surface area contributed by atoms with Gasteiger partial charge < -0.3 is 9.73 Å². The van der Waals surface area contributed by atoms with E-state index in [4.69, 9.17) is 4.42 Å². The third-order valence-electron chi connectivity index (χ3n) is 3.54. The van der Waals surface area contributed by atoms with Crippen LogP contribution >= 0.6 is 11.3 Å². The molecule has 7 heteroatoms. The van der Waals surface area contributed by atoms with Gasteiger partial charge in [0.1, 0.15) is 0 Å². The van der Waals surface area contributed by atoms with Crippen molar-refractivity contribution in [2.45, 2.75) is 58.5 Å². The fourth-order valence-electron chi connectivity index (χ4n) is 2.27. The van der Waals surface area contributed by atoms with Crippen molar-refractivity contribution in [3.8, 4) is 10.8 Å². The molecule has 0 fully saturated rings. The molecule has 0 aromatic carbocycles. The van der Waals surface area contributed by atoms with Gasteiger partial charge in [0.15, 0.2) is 0 Å². The number of carbonyl (C=O) groups is 1. The average Bonchev–Trinajstić information content (AvgIpc) is 3.15. The highest BCUT2D eigenvalue weighted by Gasteiger charge is 2.13. The van der Waals surface area contributed by atoms with Crippen molar-refractivity contribution in [1.29, 1.82) is 0 Å². The number of nitrogens with one attached hydrogen (secondary N) is 1. The first kappa shape index (κ1) is 17.5. The molecule has 2 aromatic rings. The van der Waals surface area contributed by atoms with Crippen LogP contribution in [-0.2, 0) is 11.3 Å². The molecule has 126 valence electrons. The van der Waals surface area contributed by atoms with Gasteiger partial charge in [-0.3, -0.25) is 4.79 Å². The van der Waals surface area contributed by atoms with Crippen molar-refractivity contribution in [3.63, 3.8) is 0 Å². The standard InChI is InChI=1S/C16H23N3O3S/c1-3-4-5-7-12(2)17-14(20)9-10-19-16(21)22-15(18-19)13-8-6-11-23-13/h6,8,11-12H,3-5,7,9-10H2,1-2H3,(H,17,20). The highest BCUT2D eigenvalue weighted by molar-refractivity contribution is 7.13. The lowest BCUT2D eigenvalue weighted by Crippen LogP contribution is -2.33. The summed E-state index contributed by atoms with van der Waals surface area (Å²) in [6.07, 6.45) is 4.66. The number of aryl methyl sites for hydroxylation is 1. The van der Waals surface area contributed by atoms with E-state index < -0.39 is 5.76 Å². The summed E-state index contributed by atoms with van der Waals surface area (Å²) >= 11 is 1.45. The van der Waals surface area contributed by atoms with Gasteiger partial charge in [-0.2, -0.15) is 4.68 Å². The molecule has 23 heavy (non-hydrogen) atoms. The number of carbonyl (C=O) groups excluding carboxylic acids is 1. The molecule has 0 saturated heterocycles. The third-order valence-corrected chi connectivity index (χ3v) is 4.39. The van der Waals surface area contributed by atoms with Crippen molar-refractivity contribution in [2.24, 2.45) is 0 Å². The van der Waals surface area contributed by atoms with Crippen LogP contribution in [0.2, 0.25) is 0 Å². The fraction of sp³-hybridized carbons (Fsp3) is 0.562. The topological polar surface area (TPSA) is 77.1 Å². The van der Waals surface area contributed by atoms with Gasteiger partial charge in [-0.25, -0.2) is 4.79 Å². The summed E-state index contributed by atoms with van der Waals surface area (Å²) in [5, 5.41) is 8.97. The lowest BCUT2D eigenvalue weighted by atomic mass is 10.1. The fourth-order valence-corrected chi connectivity index (χ4v) is 2.92. The number of nitrogens with zero attached hydrogens (tertiary/aromatic N) is 2. The van der Waals surface area contributed by atoms with Crippen LogP contribution in [0.25, 0.3) is 10.8 Å².